The van der Waals surface area contributed by atoms with E-state index in [4.69, 9.17) is 4.74 Å². The number of rotatable bonds is 5. The van der Waals surface area contributed by atoms with Crippen molar-refractivity contribution in [1.82, 2.24) is 19.1 Å². The van der Waals surface area contributed by atoms with Gasteiger partial charge in [0.05, 0.1) is 6.54 Å². The number of fused-ring (bicyclic) bond motifs is 1. The molecule has 9 heteroatoms. The quantitative estimate of drug-likeness (QED) is 0.602. The molecule has 3 aromatic rings. The summed E-state index contributed by atoms with van der Waals surface area (Å²) >= 11 is 3.28. The molecule has 1 atom stereocenters. The Labute approximate surface area is 157 Å². The van der Waals surface area contributed by atoms with Crippen LogP contribution >= 0.6 is 15.9 Å². The summed E-state index contributed by atoms with van der Waals surface area (Å²) in [7, 11) is 1.52. The normalized spacial score (nSPS) is 12.5. The van der Waals surface area contributed by atoms with Gasteiger partial charge in [-0.25, -0.2) is 9.78 Å². The van der Waals surface area contributed by atoms with Gasteiger partial charge in [-0.05, 0) is 53.0 Å². The first-order chi connectivity index (χ1) is 12.3. The number of nitrogens with zero attached hydrogens (tertiary/aromatic N) is 3. The van der Waals surface area contributed by atoms with Gasteiger partial charge >= 0.3 is 5.69 Å². The van der Waals surface area contributed by atoms with E-state index < -0.39 is 17.4 Å². The van der Waals surface area contributed by atoms with Crippen LogP contribution in [0.4, 0.5) is 0 Å². The van der Waals surface area contributed by atoms with E-state index in [1.165, 1.54) is 16.2 Å². The summed E-state index contributed by atoms with van der Waals surface area (Å²) in [6.45, 7) is 4.14. The molecular weight excluding hydrogens is 404 g/mol. The summed E-state index contributed by atoms with van der Waals surface area (Å²) in [5.41, 5.74) is 1.63. The highest BCUT2D eigenvalue weighted by Crippen LogP contribution is 2.18. The molecule has 1 aromatic carbocycles. The van der Waals surface area contributed by atoms with Crippen LogP contribution in [0.15, 0.2) is 32.5 Å². The van der Waals surface area contributed by atoms with E-state index >= 15 is 0 Å². The van der Waals surface area contributed by atoms with Crippen molar-refractivity contribution < 1.29 is 9.84 Å². The number of benzene rings is 1. The predicted molar refractivity (Wildman–Crippen MR) is 101 cm³/mol. The average molecular weight is 423 g/mol. The standard InChI is InChI=1S/C17H19BrN4O4/c1-9-4-5-12(6-10(9)2)26-8-11(23)7-22-13-14(19-16(22)18)21(3)17(25)20-15(13)24/h4-6,11,23H,7-8H2,1-3H3,(H,20,24,25)/t11-/m1/s1. The lowest BCUT2D eigenvalue weighted by atomic mass is 10.1. The molecular formula is C17H19BrN4O4. The largest absolute Gasteiger partial charge is 0.491 e. The molecule has 2 heterocycles. The SMILES string of the molecule is Cc1ccc(OC[C@H](O)Cn2c(Br)nc3c2c(=O)[nH]c(=O)n3C)cc1C. The lowest BCUT2D eigenvalue weighted by Crippen LogP contribution is -2.30. The van der Waals surface area contributed by atoms with E-state index in [9.17, 15) is 14.7 Å². The zero-order valence-corrected chi connectivity index (χ0v) is 16.2. The summed E-state index contributed by atoms with van der Waals surface area (Å²) in [6.07, 6.45) is -0.873. The van der Waals surface area contributed by atoms with Gasteiger partial charge in [0.1, 0.15) is 18.5 Å². The second-order valence-electron chi connectivity index (χ2n) is 6.19. The number of ether oxygens (including phenoxy) is 1. The summed E-state index contributed by atoms with van der Waals surface area (Å²) in [5.74, 6) is 0.668. The Kier molecular flexibility index (Phi) is 5.01. The topological polar surface area (TPSA) is 102 Å². The van der Waals surface area contributed by atoms with E-state index in [0.717, 1.165) is 11.1 Å². The highest BCUT2D eigenvalue weighted by atomic mass is 79.9. The summed E-state index contributed by atoms with van der Waals surface area (Å²) in [4.78, 5) is 30.3. The molecule has 2 aromatic heterocycles. The number of halogens is 1. The van der Waals surface area contributed by atoms with Crippen LogP contribution in [-0.2, 0) is 13.6 Å². The number of hydrogen-bond donors (Lipinski definition) is 2. The maximum absolute atomic E-state index is 12.2. The van der Waals surface area contributed by atoms with Crippen LogP contribution in [-0.4, -0.2) is 36.9 Å². The van der Waals surface area contributed by atoms with E-state index in [0.29, 0.717) is 10.5 Å². The minimum absolute atomic E-state index is 0.0539. The Hall–Kier alpha value is -2.39. The molecule has 0 amide bonds. The Bertz CT molecular complexity index is 1080. The van der Waals surface area contributed by atoms with E-state index in [1.54, 1.807) is 0 Å². The van der Waals surface area contributed by atoms with Crippen molar-refractivity contribution in [2.24, 2.45) is 7.05 Å². The van der Waals surface area contributed by atoms with Gasteiger partial charge in [-0.2, -0.15) is 0 Å². The number of aryl methyl sites for hydroxylation is 3. The number of aromatic nitrogens is 4. The van der Waals surface area contributed by atoms with Crippen molar-refractivity contribution in [3.8, 4) is 5.75 Å². The van der Waals surface area contributed by atoms with Crippen LogP contribution in [0, 0.1) is 13.8 Å². The van der Waals surface area contributed by atoms with Crippen molar-refractivity contribution >= 4 is 27.1 Å². The Morgan fingerprint density at radius 2 is 2.04 bits per heavy atom. The molecule has 26 heavy (non-hydrogen) atoms. The fraction of sp³-hybridized carbons (Fsp3) is 0.353. The number of aliphatic hydroxyl groups is 1. The second-order valence-corrected chi connectivity index (χ2v) is 6.90. The van der Waals surface area contributed by atoms with Crippen LogP contribution < -0.4 is 16.0 Å². The number of hydrogen-bond acceptors (Lipinski definition) is 5. The highest BCUT2D eigenvalue weighted by Gasteiger charge is 2.18. The van der Waals surface area contributed by atoms with Crippen LogP contribution in [0.3, 0.4) is 0 Å². The maximum Gasteiger partial charge on any atom is 0.329 e. The minimum atomic E-state index is -0.873. The number of imidazole rings is 1. The monoisotopic (exact) mass is 422 g/mol. The minimum Gasteiger partial charge on any atom is -0.491 e. The molecule has 0 spiro atoms. The number of aromatic amines is 1. The molecule has 8 nitrogen and oxygen atoms in total. The fourth-order valence-corrected chi connectivity index (χ4v) is 3.12. The highest BCUT2D eigenvalue weighted by molar-refractivity contribution is 9.10. The van der Waals surface area contributed by atoms with Crippen LogP contribution in [0.2, 0.25) is 0 Å². The van der Waals surface area contributed by atoms with Crippen LogP contribution in [0.25, 0.3) is 11.2 Å². The summed E-state index contributed by atoms with van der Waals surface area (Å²) in [6, 6.07) is 5.71. The van der Waals surface area contributed by atoms with Crippen LogP contribution in [0.1, 0.15) is 11.1 Å². The van der Waals surface area contributed by atoms with Gasteiger partial charge in [-0.15, -0.1) is 0 Å². The molecule has 2 N–H and O–H groups in total. The fourth-order valence-electron chi connectivity index (χ4n) is 2.63. The van der Waals surface area contributed by atoms with Gasteiger partial charge in [-0.1, -0.05) is 6.07 Å². The predicted octanol–water partition coefficient (Wildman–Crippen LogP) is 1.24. The maximum atomic E-state index is 12.2. The second kappa shape index (κ2) is 7.08. The lowest BCUT2D eigenvalue weighted by molar-refractivity contribution is 0.0928. The van der Waals surface area contributed by atoms with Gasteiger partial charge in [0, 0.05) is 7.05 Å². The van der Waals surface area contributed by atoms with Crippen molar-refractivity contribution in [3.63, 3.8) is 0 Å². The third-order valence-corrected chi connectivity index (χ3v) is 4.88. The molecule has 0 radical (unpaired) electrons. The van der Waals surface area contributed by atoms with E-state index in [1.807, 2.05) is 32.0 Å². The zero-order chi connectivity index (χ0) is 19.0. The van der Waals surface area contributed by atoms with E-state index in [2.05, 4.69) is 25.9 Å². The summed E-state index contributed by atoms with van der Waals surface area (Å²) in [5, 5.41) is 10.3. The molecule has 0 bridgehead atoms. The van der Waals surface area contributed by atoms with Gasteiger partial charge in [0.2, 0.25) is 0 Å². The first kappa shape index (κ1) is 18.4. The Morgan fingerprint density at radius 1 is 1.31 bits per heavy atom. The average Bonchev–Trinajstić information content (AvgIpc) is 2.91. The van der Waals surface area contributed by atoms with Gasteiger partial charge in [0.15, 0.2) is 15.9 Å². The lowest BCUT2D eigenvalue weighted by Gasteiger charge is -2.14. The molecule has 3 rings (SSSR count). The number of H-pyrrole nitrogens is 1. The zero-order valence-electron chi connectivity index (χ0n) is 14.6. The molecule has 0 unspecified atom stereocenters. The first-order valence-corrected chi connectivity index (χ1v) is 8.80. The van der Waals surface area contributed by atoms with Crippen molar-refractivity contribution in [3.05, 3.63) is 54.9 Å². The number of aliphatic hydroxyl groups excluding tert-OH is 1. The Balaban J connectivity index is 1.81. The first-order valence-electron chi connectivity index (χ1n) is 8.01. The molecule has 0 aliphatic carbocycles. The molecule has 0 fully saturated rings. The van der Waals surface area contributed by atoms with Crippen molar-refractivity contribution in [1.29, 1.82) is 0 Å². The molecule has 0 saturated carbocycles. The summed E-state index contributed by atoms with van der Waals surface area (Å²) < 4.78 is 8.75. The van der Waals surface area contributed by atoms with Gasteiger partial charge in [0.25, 0.3) is 5.56 Å². The third-order valence-electron chi connectivity index (χ3n) is 4.27. The Morgan fingerprint density at radius 3 is 2.73 bits per heavy atom. The molecule has 0 aliphatic heterocycles. The van der Waals surface area contributed by atoms with Gasteiger partial charge in [-0.3, -0.25) is 14.3 Å². The van der Waals surface area contributed by atoms with Crippen LogP contribution in [0.5, 0.6) is 5.75 Å². The molecule has 0 saturated heterocycles. The van der Waals surface area contributed by atoms with Crippen molar-refractivity contribution in [2.75, 3.05) is 6.61 Å². The number of nitrogens with one attached hydrogen (secondary N) is 1. The van der Waals surface area contributed by atoms with E-state index in [-0.39, 0.29) is 24.3 Å². The van der Waals surface area contributed by atoms with Gasteiger partial charge < -0.3 is 14.4 Å². The molecule has 0 aliphatic rings. The smallest absolute Gasteiger partial charge is 0.329 e. The third kappa shape index (κ3) is 3.45. The van der Waals surface area contributed by atoms with Crippen molar-refractivity contribution in [2.45, 2.75) is 26.5 Å². The molecule has 138 valence electrons.